The second kappa shape index (κ2) is 7.95. The molecule has 154 valence electrons. The Kier molecular flexibility index (Phi) is 5.92. The molecule has 1 amide bonds. The molecule has 7 heteroatoms. The molecule has 0 spiro atoms. The SMILES string of the molecule is Cc1cccc(-n2c(SCC(=O)NC(C)(C)C)nc3sc(C)c(C)c3c2=O)c1C. The van der Waals surface area contributed by atoms with Crippen LogP contribution in [0.25, 0.3) is 15.9 Å². The number of hydrogen-bond acceptors (Lipinski definition) is 5. The molecule has 5 nitrogen and oxygen atoms in total. The van der Waals surface area contributed by atoms with Gasteiger partial charge >= 0.3 is 0 Å². The number of hydrogen-bond donors (Lipinski definition) is 1. The maximum absolute atomic E-state index is 13.5. The zero-order valence-corrected chi connectivity index (χ0v) is 19.6. The minimum atomic E-state index is -0.302. The standard InChI is InChI=1S/C22H27N3O2S2/c1-12-9-8-10-16(13(12)2)25-20(27)18-14(3)15(4)29-19(18)23-21(25)28-11-17(26)24-22(5,6)7/h8-10H,11H2,1-7H3,(H,24,26). The molecular weight excluding hydrogens is 402 g/mol. The highest BCUT2D eigenvalue weighted by Gasteiger charge is 2.21. The maximum atomic E-state index is 13.5. The number of thioether (sulfide) groups is 1. The van der Waals surface area contributed by atoms with Gasteiger partial charge in [0.1, 0.15) is 4.83 Å². The third-order valence-corrected chi connectivity index (χ3v) is 6.88. The first kappa shape index (κ1) is 21.6. The third-order valence-electron chi connectivity index (χ3n) is 4.84. The number of nitrogens with zero attached hydrogens (tertiary/aromatic N) is 2. The molecule has 3 rings (SSSR count). The maximum Gasteiger partial charge on any atom is 0.267 e. The number of benzene rings is 1. The normalized spacial score (nSPS) is 11.8. The number of carbonyl (C=O) groups is 1. The van der Waals surface area contributed by atoms with Crippen LogP contribution < -0.4 is 10.9 Å². The van der Waals surface area contributed by atoms with Gasteiger partial charge in [0.25, 0.3) is 5.56 Å². The van der Waals surface area contributed by atoms with Crippen molar-refractivity contribution in [2.45, 2.75) is 59.2 Å². The Hall–Kier alpha value is -2.12. The number of thiophene rings is 1. The van der Waals surface area contributed by atoms with Crippen LogP contribution in [0.5, 0.6) is 0 Å². The highest BCUT2D eigenvalue weighted by Crippen LogP contribution is 2.30. The minimum Gasteiger partial charge on any atom is -0.351 e. The lowest BCUT2D eigenvalue weighted by atomic mass is 10.1. The summed E-state index contributed by atoms with van der Waals surface area (Å²) in [4.78, 5) is 32.5. The molecule has 0 atom stereocenters. The number of aromatic nitrogens is 2. The Balaban J connectivity index is 2.16. The summed E-state index contributed by atoms with van der Waals surface area (Å²) in [5.41, 5.74) is 3.54. The fourth-order valence-corrected chi connectivity index (χ4v) is 5.02. The van der Waals surface area contributed by atoms with E-state index in [2.05, 4.69) is 5.32 Å². The van der Waals surface area contributed by atoms with E-state index in [9.17, 15) is 9.59 Å². The van der Waals surface area contributed by atoms with Gasteiger partial charge in [-0.15, -0.1) is 11.3 Å². The van der Waals surface area contributed by atoms with Crippen LogP contribution in [0.1, 0.15) is 42.3 Å². The van der Waals surface area contributed by atoms with Crippen LogP contribution in [0.4, 0.5) is 0 Å². The number of aryl methyl sites for hydroxylation is 3. The quantitative estimate of drug-likeness (QED) is 0.483. The van der Waals surface area contributed by atoms with Crippen molar-refractivity contribution in [3.63, 3.8) is 0 Å². The van der Waals surface area contributed by atoms with E-state index in [0.717, 1.165) is 32.1 Å². The molecular formula is C22H27N3O2S2. The molecule has 0 saturated heterocycles. The molecule has 3 aromatic rings. The second-order valence-electron chi connectivity index (χ2n) is 8.30. The number of fused-ring (bicyclic) bond motifs is 1. The summed E-state index contributed by atoms with van der Waals surface area (Å²) in [5.74, 6) is 0.117. The van der Waals surface area contributed by atoms with Gasteiger partial charge in [0.2, 0.25) is 5.91 Å². The van der Waals surface area contributed by atoms with Crippen LogP contribution in [0.3, 0.4) is 0 Å². The van der Waals surface area contributed by atoms with Gasteiger partial charge in [-0.1, -0.05) is 23.9 Å². The summed E-state index contributed by atoms with van der Waals surface area (Å²) in [6, 6.07) is 5.91. The molecule has 0 radical (unpaired) electrons. The molecule has 0 aliphatic heterocycles. The van der Waals surface area contributed by atoms with Crippen molar-refractivity contribution < 1.29 is 4.79 Å². The number of carbonyl (C=O) groups excluding carboxylic acids is 1. The van der Waals surface area contributed by atoms with Crippen LogP contribution in [0, 0.1) is 27.7 Å². The van der Waals surface area contributed by atoms with Gasteiger partial charge in [-0.2, -0.15) is 0 Å². The van der Waals surface area contributed by atoms with E-state index in [4.69, 9.17) is 4.98 Å². The molecule has 0 saturated carbocycles. The van der Waals surface area contributed by atoms with Crippen molar-refractivity contribution in [3.8, 4) is 5.69 Å². The lowest BCUT2D eigenvalue weighted by Gasteiger charge is -2.20. The average molecular weight is 430 g/mol. The summed E-state index contributed by atoms with van der Waals surface area (Å²) in [5, 5.41) is 4.17. The van der Waals surface area contributed by atoms with Gasteiger partial charge in [-0.3, -0.25) is 14.2 Å². The summed E-state index contributed by atoms with van der Waals surface area (Å²) in [6.07, 6.45) is 0. The number of rotatable bonds is 4. The highest BCUT2D eigenvalue weighted by molar-refractivity contribution is 7.99. The third kappa shape index (κ3) is 4.41. The van der Waals surface area contributed by atoms with E-state index in [1.165, 1.54) is 23.1 Å². The van der Waals surface area contributed by atoms with Crippen molar-refractivity contribution in [3.05, 3.63) is 50.1 Å². The number of amides is 1. The van der Waals surface area contributed by atoms with E-state index < -0.39 is 0 Å². The van der Waals surface area contributed by atoms with Crippen LogP contribution in [-0.4, -0.2) is 26.8 Å². The molecule has 0 fully saturated rings. The first-order valence-electron chi connectivity index (χ1n) is 9.52. The lowest BCUT2D eigenvalue weighted by Crippen LogP contribution is -2.41. The molecule has 1 aromatic carbocycles. The molecule has 2 aromatic heterocycles. The highest BCUT2D eigenvalue weighted by atomic mass is 32.2. The summed E-state index contributed by atoms with van der Waals surface area (Å²) in [6.45, 7) is 13.9. The van der Waals surface area contributed by atoms with E-state index in [1.54, 1.807) is 4.57 Å². The molecule has 0 aliphatic rings. The van der Waals surface area contributed by atoms with Crippen molar-refractivity contribution in [2.75, 3.05) is 5.75 Å². The van der Waals surface area contributed by atoms with Gasteiger partial charge in [0.15, 0.2) is 5.16 Å². The Morgan fingerprint density at radius 2 is 1.86 bits per heavy atom. The monoisotopic (exact) mass is 429 g/mol. The zero-order chi connectivity index (χ0) is 21.5. The van der Waals surface area contributed by atoms with Gasteiger partial charge in [0.05, 0.1) is 16.8 Å². The Labute approximate surface area is 179 Å². The largest absolute Gasteiger partial charge is 0.351 e. The predicted octanol–water partition coefficient (Wildman–Crippen LogP) is 4.69. The average Bonchev–Trinajstić information content (AvgIpc) is 2.89. The van der Waals surface area contributed by atoms with E-state index >= 15 is 0 Å². The van der Waals surface area contributed by atoms with Crippen LogP contribution in [0.2, 0.25) is 0 Å². The Morgan fingerprint density at radius 1 is 1.17 bits per heavy atom. The van der Waals surface area contributed by atoms with E-state index in [-0.39, 0.29) is 22.8 Å². The predicted molar refractivity (Wildman–Crippen MR) is 123 cm³/mol. The van der Waals surface area contributed by atoms with Crippen molar-refractivity contribution in [2.24, 2.45) is 0 Å². The Bertz CT molecular complexity index is 1150. The summed E-state index contributed by atoms with van der Waals surface area (Å²) >= 11 is 2.82. The molecule has 0 aliphatic carbocycles. The first-order valence-corrected chi connectivity index (χ1v) is 11.3. The van der Waals surface area contributed by atoms with E-state index in [1.807, 2.05) is 66.7 Å². The topological polar surface area (TPSA) is 64.0 Å². The Morgan fingerprint density at radius 3 is 2.52 bits per heavy atom. The van der Waals surface area contributed by atoms with Gasteiger partial charge in [0, 0.05) is 10.4 Å². The fraction of sp³-hybridized carbons (Fsp3) is 0.409. The molecule has 29 heavy (non-hydrogen) atoms. The molecule has 0 bridgehead atoms. The van der Waals surface area contributed by atoms with E-state index in [0.29, 0.717) is 10.5 Å². The van der Waals surface area contributed by atoms with Crippen molar-refractivity contribution in [1.29, 1.82) is 0 Å². The summed E-state index contributed by atoms with van der Waals surface area (Å²) < 4.78 is 1.67. The lowest BCUT2D eigenvalue weighted by molar-refractivity contribution is -0.119. The van der Waals surface area contributed by atoms with Crippen LogP contribution >= 0.6 is 23.1 Å². The van der Waals surface area contributed by atoms with Crippen LogP contribution in [-0.2, 0) is 4.79 Å². The summed E-state index contributed by atoms with van der Waals surface area (Å²) in [7, 11) is 0. The fourth-order valence-electron chi connectivity index (χ4n) is 3.15. The molecule has 0 unspecified atom stereocenters. The van der Waals surface area contributed by atoms with Gasteiger partial charge in [-0.25, -0.2) is 4.98 Å². The minimum absolute atomic E-state index is 0.0794. The molecule has 1 N–H and O–H groups in total. The smallest absolute Gasteiger partial charge is 0.267 e. The zero-order valence-electron chi connectivity index (χ0n) is 18.0. The second-order valence-corrected chi connectivity index (χ2v) is 10.4. The van der Waals surface area contributed by atoms with Crippen molar-refractivity contribution >= 4 is 39.2 Å². The first-order chi connectivity index (χ1) is 13.5. The number of nitrogens with one attached hydrogen (secondary N) is 1. The molecule has 2 heterocycles. The van der Waals surface area contributed by atoms with Gasteiger partial charge in [-0.05, 0) is 71.2 Å². The van der Waals surface area contributed by atoms with Gasteiger partial charge < -0.3 is 5.32 Å². The van der Waals surface area contributed by atoms with Crippen molar-refractivity contribution in [1.82, 2.24) is 14.9 Å². The van der Waals surface area contributed by atoms with Crippen LogP contribution in [0.15, 0.2) is 28.2 Å².